The third kappa shape index (κ3) is 4.51. The zero-order chi connectivity index (χ0) is 21.0. The van der Waals surface area contributed by atoms with E-state index in [1.54, 1.807) is 50.6 Å². The van der Waals surface area contributed by atoms with E-state index in [0.717, 1.165) is 11.1 Å². The molecular weight excluding hydrogens is 372 g/mol. The standard InChI is InChI=1S/C22H24N2O5/c1-5-28-17-10-11-19-18(12-17)14(2)21(29-19)22(26)24(3)13-20(25)23-15-6-8-16(27-4)9-7-15/h6-12H,5,13H2,1-4H3,(H,23,25). The van der Waals surface area contributed by atoms with Crippen molar-refractivity contribution in [3.05, 3.63) is 53.8 Å². The van der Waals surface area contributed by atoms with E-state index >= 15 is 0 Å². The van der Waals surface area contributed by atoms with Crippen LogP contribution in [0, 0.1) is 6.92 Å². The predicted molar refractivity (Wildman–Crippen MR) is 111 cm³/mol. The zero-order valence-corrected chi connectivity index (χ0v) is 16.9. The number of amides is 2. The summed E-state index contributed by atoms with van der Waals surface area (Å²) in [4.78, 5) is 26.5. The van der Waals surface area contributed by atoms with Crippen molar-refractivity contribution in [2.75, 3.05) is 32.6 Å². The average Bonchev–Trinajstić information content (AvgIpc) is 3.04. The van der Waals surface area contributed by atoms with Crippen LogP contribution in [0.15, 0.2) is 46.9 Å². The van der Waals surface area contributed by atoms with Crippen molar-refractivity contribution in [2.24, 2.45) is 0 Å². The largest absolute Gasteiger partial charge is 0.497 e. The molecule has 1 aromatic heterocycles. The normalized spacial score (nSPS) is 10.6. The number of nitrogens with zero attached hydrogens (tertiary/aromatic N) is 1. The fourth-order valence-electron chi connectivity index (χ4n) is 3.00. The van der Waals surface area contributed by atoms with Gasteiger partial charge >= 0.3 is 0 Å². The molecule has 152 valence electrons. The maximum Gasteiger partial charge on any atom is 0.290 e. The number of furan rings is 1. The van der Waals surface area contributed by atoms with E-state index in [9.17, 15) is 9.59 Å². The lowest BCUT2D eigenvalue weighted by Crippen LogP contribution is -2.35. The summed E-state index contributed by atoms with van der Waals surface area (Å²) in [5.74, 6) is 0.964. The summed E-state index contributed by atoms with van der Waals surface area (Å²) in [7, 11) is 3.14. The molecule has 0 aliphatic heterocycles. The summed E-state index contributed by atoms with van der Waals surface area (Å²) < 4.78 is 16.4. The van der Waals surface area contributed by atoms with Crippen molar-refractivity contribution in [1.29, 1.82) is 0 Å². The Labute approximate surface area is 169 Å². The Kier molecular flexibility index (Phi) is 6.07. The fourth-order valence-corrected chi connectivity index (χ4v) is 3.00. The number of hydrogen-bond acceptors (Lipinski definition) is 5. The molecule has 1 N–H and O–H groups in total. The molecule has 1 heterocycles. The predicted octanol–water partition coefficient (Wildman–Crippen LogP) is 3.86. The molecule has 7 heteroatoms. The van der Waals surface area contributed by atoms with E-state index in [1.165, 1.54) is 4.90 Å². The zero-order valence-electron chi connectivity index (χ0n) is 16.9. The first-order valence-corrected chi connectivity index (χ1v) is 9.28. The molecule has 29 heavy (non-hydrogen) atoms. The number of aryl methyl sites for hydroxylation is 1. The topological polar surface area (TPSA) is 81.0 Å². The Balaban J connectivity index is 1.70. The first kappa shape index (κ1) is 20.3. The summed E-state index contributed by atoms with van der Waals surface area (Å²) in [5.41, 5.74) is 1.94. The molecule has 0 unspecified atom stereocenters. The van der Waals surface area contributed by atoms with Gasteiger partial charge in [0.05, 0.1) is 20.3 Å². The van der Waals surface area contributed by atoms with Gasteiger partial charge in [-0.05, 0) is 56.3 Å². The van der Waals surface area contributed by atoms with Gasteiger partial charge in [0.2, 0.25) is 5.91 Å². The highest BCUT2D eigenvalue weighted by atomic mass is 16.5. The minimum atomic E-state index is -0.360. The van der Waals surface area contributed by atoms with Crippen LogP contribution in [0.3, 0.4) is 0 Å². The highest BCUT2D eigenvalue weighted by Gasteiger charge is 2.23. The van der Waals surface area contributed by atoms with E-state index in [1.807, 2.05) is 19.9 Å². The van der Waals surface area contributed by atoms with Crippen LogP contribution in [0.5, 0.6) is 11.5 Å². The highest BCUT2D eigenvalue weighted by molar-refractivity contribution is 6.01. The summed E-state index contributed by atoms with van der Waals surface area (Å²) in [6, 6.07) is 12.4. The van der Waals surface area contributed by atoms with Crippen LogP contribution in [0.1, 0.15) is 23.0 Å². The van der Waals surface area contributed by atoms with Crippen molar-refractivity contribution < 1.29 is 23.5 Å². The second-order valence-electron chi connectivity index (χ2n) is 6.59. The van der Waals surface area contributed by atoms with Crippen LogP contribution in [0.25, 0.3) is 11.0 Å². The highest BCUT2D eigenvalue weighted by Crippen LogP contribution is 2.29. The molecule has 0 saturated carbocycles. The number of carbonyl (C=O) groups is 2. The number of ether oxygens (including phenoxy) is 2. The van der Waals surface area contributed by atoms with Gasteiger partial charge in [-0.2, -0.15) is 0 Å². The Morgan fingerprint density at radius 3 is 2.45 bits per heavy atom. The molecule has 0 radical (unpaired) electrons. The average molecular weight is 396 g/mol. The third-order valence-corrected chi connectivity index (χ3v) is 4.51. The van der Waals surface area contributed by atoms with Crippen LogP contribution in [-0.2, 0) is 4.79 Å². The van der Waals surface area contributed by atoms with Crippen LogP contribution in [-0.4, -0.2) is 44.0 Å². The van der Waals surface area contributed by atoms with Crippen molar-refractivity contribution >= 4 is 28.5 Å². The molecule has 3 rings (SSSR count). The van der Waals surface area contributed by atoms with Crippen LogP contribution >= 0.6 is 0 Å². The third-order valence-electron chi connectivity index (χ3n) is 4.51. The first-order valence-electron chi connectivity index (χ1n) is 9.28. The van der Waals surface area contributed by atoms with E-state index in [0.29, 0.717) is 29.2 Å². The fraction of sp³-hybridized carbons (Fsp3) is 0.273. The Hall–Kier alpha value is -3.48. The molecule has 0 saturated heterocycles. The van der Waals surface area contributed by atoms with Crippen molar-refractivity contribution in [3.8, 4) is 11.5 Å². The monoisotopic (exact) mass is 396 g/mol. The summed E-state index contributed by atoms with van der Waals surface area (Å²) >= 11 is 0. The lowest BCUT2D eigenvalue weighted by Gasteiger charge is -2.16. The number of benzene rings is 2. The van der Waals surface area contributed by atoms with E-state index < -0.39 is 0 Å². The van der Waals surface area contributed by atoms with Gasteiger partial charge in [-0.15, -0.1) is 0 Å². The van der Waals surface area contributed by atoms with E-state index in [4.69, 9.17) is 13.9 Å². The lowest BCUT2D eigenvalue weighted by molar-refractivity contribution is -0.116. The maximum absolute atomic E-state index is 12.8. The molecule has 2 aromatic carbocycles. The van der Waals surface area contributed by atoms with Crippen molar-refractivity contribution in [1.82, 2.24) is 4.90 Å². The number of methoxy groups -OCH3 is 1. The summed E-state index contributed by atoms with van der Waals surface area (Å²) in [6.07, 6.45) is 0. The number of hydrogen-bond donors (Lipinski definition) is 1. The van der Waals surface area contributed by atoms with Gasteiger partial charge in [0.1, 0.15) is 17.1 Å². The number of likely N-dealkylation sites (N-methyl/N-ethyl adjacent to an activating group) is 1. The van der Waals surface area contributed by atoms with Crippen LogP contribution < -0.4 is 14.8 Å². The molecule has 0 bridgehead atoms. The van der Waals surface area contributed by atoms with Crippen molar-refractivity contribution in [2.45, 2.75) is 13.8 Å². The molecule has 0 spiro atoms. The maximum atomic E-state index is 12.8. The number of carbonyl (C=O) groups excluding carboxylic acids is 2. The Bertz CT molecular complexity index is 1020. The Morgan fingerprint density at radius 1 is 1.10 bits per heavy atom. The minimum Gasteiger partial charge on any atom is -0.497 e. The molecule has 0 aliphatic rings. The number of anilines is 1. The second kappa shape index (κ2) is 8.68. The molecule has 7 nitrogen and oxygen atoms in total. The lowest BCUT2D eigenvalue weighted by atomic mass is 10.1. The van der Waals surface area contributed by atoms with Gasteiger partial charge in [0.25, 0.3) is 5.91 Å². The molecule has 3 aromatic rings. The van der Waals surface area contributed by atoms with E-state index in [2.05, 4.69) is 5.32 Å². The van der Waals surface area contributed by atoms with Gasteiger partial charge in [-0.25, -0.2) is 0 Å². The molecule has 2 amide bonds. The van der Waals surface area contributed by atoms with Crippen molar-refractivity contribution in [3.63, 3.8) is 0 Å². The number of rotatable bonds is 7. The number of fused-ring (bicyclic) bond motifs is 1. The smallest absolute Gasteiger partial charge is 0.290 e. The quantitative estimate of drug-likeness (QED) is 0.656. The summed E-state index contributed by atoms with van der Waals surface area (Å²) in [5, 5.41) is 3.57. The molecule has 0 fully saturated rings. The van der Waals surface area contributed by atoms with Crippen LogP contribution in [0.2, 0.25) is 0 Å². The first-order chi connectivity index (χ1) is 13.9. The van der Waals surface area contributed by atoms with Crippen LogP contribution in [0.4, 0.5) is 5.69 Å². The Morgan fingerprint density at radius 2 is 1.79 bits per heavy atom. The van der Waals surface area contributed by atoms with E-state index in [-0.39, 0.29) is 24.1 Å². The number of nitrogens with one attached hydrogen (secondary N) is 1. The SMILES string of the molecule is CCOc1ccc2oc(C(=O)N(C)CC(=O)Nc3ccc(OC)cc3)c(C)c2c1. The summed E-state index contributed by atoms with van der Waals surface area (Å²) in [6.45, 7) is 4.18. The van der Waals surface area contributed by atoms with Gasteiger partial charge in [0.15, 0.2) is 5.76 Å². The molecular formula is C22H24N2O5. The molecule has 0 atom stereocenters. The molecule has 0 aliphatic carbocycles. The van der Waals surface area contributed by atoms with Gasteiger partial charge < -0.3 is 24.1 Å². The second-order valence-corrected chi connectivity index (χ2v) is 6.59. The van der Waals surface area contributed by atoms with Gasteiger partial charge in [-0.1, -0.05) is 0 Å². The van der Waals surface area contributed by atoms with Gasteiger partial charge in [0, 0.05) is 23.7 Å². The van der Waals surface area contributed by atoms with Gasteiger partial charge in [-0.3, -0.25) is 9.59 Å². The minimum absolute atomic E-state index is 0.106.